The van der Waals surface area contributed by atoms with Crippen LogP contribution in [0.3, 0.4) is 0 Å². The van der Waals surface area contributed by atoms with Crippen LogP contribution in [-0.4, -0.2) is 29.6 Å². The lowest BCUT2D eigenvalue weighted by Crippen LogP contribution is -2.24. The van der Waals surface area contributed by atoms with Crippen LogP contribution in [0.15, 0.2) is 77.9 Å². The van der Waals surface area contributed by atoms with Gasteiger partial charge in [-0.05, 0) is 35.9 Å². The number of nitro benzene ring substituents is 1. The van der Waals surface area contributed by atoms with Crippen molar-refractivity contribution in [1.82, 2.24) is 5.43 Å². The van der Waals surface area contributed by atoms with Gasteiger partial charge in [0.25, 0.3) is 5.91 Å². The molecule has 0 bridgehead atoms. The molecule has 0 saturated heterocycles. The lowest BCUT2D eigenvalue weighted by Gasteiger charge is -2.06. The van der Waals surface area contributed by atoms with Gasteiger partial charge in [0.05, 0.1) is 21.7 Å². The number of carbonyl (C=O) groups excluding carboxylic acids is 2. The summed E-state index contributed by atoms with van der Waals surface area (Å²) in [6.07, 6.45) is 1.34. The molecule has 0 aliphatic heterocycles. The van der Waals surface area contributed by atoms with Crippen molar-refractivity contribution in [2.45, 2.75) is 0 Å². The van der Waals surface area contributed by atoms with Crippen molar-refractivity contribution in [1.29, 1.82) is 0 Å². The lowest BCUT2D eigenvalue weighted by atomic mass is 10.2. The van der Waals surface area contributed by atoms with Crippen molar-refractivity contribution in [3.8, 4) is 11.5 Å². The summed E-state index contributed by atoms with van der Waals surface area (Å²) in [5.41, 5.74) is 2.80. The topological polar surface area (TPSA) is 120 Å². The van der Waals surface area contributed by atoms with Gasteiger partial charge < -0.3 is 9.47 Å². The molecule has 1 N–H and O–H groups in total. The summed E-state index contributed by atoms with van der Waals surface area (Å²) in [5.74, 6) is -0.972. The molecule has 0 radical (unpaired) electrons. The van der Waals surface area contributed by atoms with Crippen molar-refractivity contribution in [3.63, 3.8) is 0 Å². The normalized spacial score (nSPS) is 10.5. The number of rotatable bonds is 8. The first-order chi connectivity index (χ1) is 15.4. The fourth-order valence-electron chi connectivity index (χ4n) is 2.53. The molecule has 3 rings (SSSR count). The number of nitrogens with one attached hydrogen (secondary N) is 1. The Bertz CT molecular complexity index is 1180. The second-order valence-corrected chi connectivity index (χ2v) is 6.66. The van der Waals surface area contributed by atoms with E-state index in [-0.39, 0.29) is 27.8 Å². The van der Waals surface area contributed by atoms with Crippen LogP contribution < -0.4 is 14.9 Å². The number of ether oxygens (including phenoxy) is 2. The van der Waals surface area contributed by atoms with E-state index in [1.54, 1.807) is 54.6 Å². The molecule has 0 spiro atoms. The minimum Gasteiger partial charge on any atom is -0.477 e. The highest BCUT2D eigenvalue weighted by Gasteiger charge is 2.15. The predicted octanol–water partition coefficient (Wildman–Crippen LogP) is 4.00. The summed E-state index contributed by atoms with van der Waals surface area (Å²) in [6.45, 7) is -0.461. The maximum atomic E-state index is 12.3. The number of para-hydroxylation sites is 2. The average Bonchev–Trinajstić information content (AvgIpc) is 2.78. The Balaban J connectivity index is 1.55. The Morgan fingerprint density at radius 3 is 2.59 bits per heavy atom. The summed E-state index contributed by atoms with van der Waals surface area (Å²) in [7, 11) is 0. The number of benzene rings is 3. The Morgan fingerprint density at radius 2 is 1.81 bits per heavy atom. The van der Waals surface area contributed by atoms with Gasteiger partial charge >= 0.3 is 11.7 Å². The second-order valence-electron chi connectivity index (χ2n) is 6.25. The number of hydrazone groups is 1. The molecule has 0 unspecified atom stereocenters. The van der Waals surface area contributed by atoms with E-state index >= 15 is 0 Å². The molecule has 3 aromatic carbocycles. The van der Waals surface area contributed by atoms with Crippen LogP contribution in [0.25, 0.3) is 0 Å². The van der Waals surface area contributed by atoms with Crippen LogP contribution in [0, 0.1) is 10.1 Å². The largest absolute Gasteiger partial charge is 0.477 e. The quantitative estimate of drug-likeness (QED) is 0.181. The molecule has 32 heavy (non-hydrogen) atoms. The van der Waals surface area contributed by atoms with Gasteiger partial charge in [0, 0.05) is 6.07 Å². The molecule has 10 heteroatoms. The number of amides is 1. The number of nitrogens with zero attached hydrogens (tertiary/aromatic N) is 2. The van der Waals surface area contributed by atoms with Crippen molar-refractivity contribution in [2.24, 2.45) is 5.10 Å². The number of carbonyl (C=O) groups is 2. The number of nitro groups is 1. The molecule has 0 aliphatic rings. The van der Waals surface area contributed by atoms with Gasteiger partial charge in [-0.25, -0.2) is 10.2 Å². The van der Waals surface area contributed by atoms with Gasteiger partial charge in [0.1, 0.15) is 5.75 Å². The van der Waals surface area contributed by atoms with Gasteiger partial charge in [0.2, 0.25) is 0 Å². The first kappa shape index (κ1) is 22.4. The molecule has 1 amide bonds. The van der Waals surface area contributed by atoms with Crippen LogP contribution >= 0.6 is 11.6 Å². The van der Waals surface area contributed by atoms with E-state index in [0.717, 1.165) is 0 Å². The molecule has 162 valence electrons. The molecular weight excluding hydrogens is 438 g/mol. The smallest absolute Gasteiger partial charge is 0.345 e. The SMILES string of the molecule is O=C(COc1ccccc1[N+](=O)[O-])N/N=C/c1cccc(OC(=O)c2ccccc2Cl)c1. The van der Waals surface area contributed by atoms with Crippen molar-refractivity contribution in [3.05, 3.63) is 99.1 Å². The van der Waals surface area contributed by atoms with Gasteiger partial charge in [-0.1, -0.05) is 48.0 Å². The van der Waals surface area contributed by atoms with Crippen LogP contribution in [-0.2, 0) is 4.79 Å². The Morgan fingerprint density at radius 1 is 1.06 bits per heavy atom. The minimum absolute atomic E-state index is 0.0235. The zero-order valence-electron chi connectivity index (χ0n) is 16.4. The first-order valence-electron chi connectivity index (χ1n) is 9.19. The molecule has 0 saturated carbocycles. The molecule has 0 aromatic heterocycles. The number of hydrogen-bond donors (Lipinski definition) is 1. The monoisotopic (exact) mass is 453 g/mol. The molecule has 3 aromatic rings. The zero-order valence-corrected chi connectivity index (χ0v) is 17.2. The highest BCUT2D eigenvalue weighted by atomic mass is 35.5. The van der Waals surface area contributed by atoms with Crippen LogP contribution in [0.5, 0.6) is 11.5 Å². The Kier molecular flexibility index (Phi) is 7.50. The summed E-state index contributed by atoms with van der Waals surface area (Å²) in [4.78, 5) is 34.5. The minimum atomic E-state index is -0.610. The predicted molar refractivity (Wildman–Crippen MR) is 117 cm³/mol. The van der Waals surface area contributed by atoms with E-state index in [2.05, 4.69) is 10.5 Å². The van der Waals surface area contributed by atoms with Crippen molar-refractivity contribution >= 4 is 35.4 Å². The molecule has 9 nitrogen and oxygen atoms in total. The standard InChI is InChI=1S/C22H16ClN3O6/c23-18-9-2-1-8-17(18)22(28)32-16-7-5-6-15(12-16)13-24-25-21(27)14-31-20-11-4-3-10-19(20)26(29)30/h1-13H,14H2,(H,25,27)/b24-13+. The first-order valence-corrected chi connectivity index (χ1v) is 9.57. The zero-order chi connectivity index (χ0) is 22.9. The van der Waals surface area contributed by atoms with Gasteiger partial charge in [-0.15, -0.1) is 0 Å². The van der Waals surface area contributed by atoms with Crippen molar-refractivity contribution in [2.75, 3.05) is 6.61 Å². The maximum absolute atomic E-state index is 12.3. The van der Waals surface area contributed by atoms with Crippen LogP contribution in [0.2, 0.25) is 5.02 Å². The highest BCUT2D eigenvalue weighted by Crippen LogP contribution is 2.25. The molecule has 0 fully saturated rings. The van der Waals surface area contributed by atoms with E-state index < -0.39 is 23.4 Å². The van der Waals surface area contributed by atoms with Crippen LogP contribution in [0.4, 0.5) is 5.69 Å². The number of esters is 1. The number of hydrogen-bond acceptors (Lipinski definition) is 7. The van der Waals surface area contributed by atoms with E-state index in [4.69, 9.17) is 21.1 Å². The summed E-state index contributed by atoms with van der Waals surface area (Å²) in [6, 6.07) is 18.7. The third-order valence-electron chi connectivity index (χ3n) is 3.99. The average molecular weight is 454 g/mol. The lowest BCUT2D eigenvalue weighted by molar-refractivity contribution is -0.385. The molecule has 0 heterocycles. The van der Waals surface area contributed by atoms with Gasteiger partial charge in [-0.2, -0.15) is 5.10 Å². The van der Waals surface area contributed by atoms with E-state index in [0.29, 0.717) is 5.56 Å². The highest BCUT2D eigenvalue weighted by molar-refractivity contribution is 6.33. The summed E-state index contributed by atoms with van der Waals surface area (Å²) >= 11 is 6.00. The summed E-state index contributed by atoms with van der Waals surface area (Å²) < 4.78 is 10.5. The maximum Gasteiger partial charge on any atom is 0.345 e. The Labute approximate surface area is 187 Å². The van der Waals surface area contributed by atoms with Gasteiger partial charge in [-0.3, -0.25) is 14.9 Å². The number of halogens is 1. The fraction of sp³-hybridized carbons (Fsp3) is 0.0455. The van der Waals surface area contributed by atoms with Crippen LogP contribution in [0.1, 0.15) is 15.9 Å². The molecule has 0 aliphatic carbocycles. The Hall–Kier alpha value is -4.24. The van der Waals surface area contributed by atoms with Crippen molar-refractivity contribution < 1.29 is 24.0 Å². The third-order valence-corrected chi connectivity index (χ3v) is 4.32. The van der Waals surface area contributed by atoms with E-state index in [9.17, 15) is 19.7 Å². The van der Waals surface area contributed by atoms with E-state index in [1.807, 2.05) is 0 Å². The second kappa shape index (κ2) is 10.7. The van der Waals surface area contributed by atoms with E-state index in [1.165, 1.54) is 24.4 Å². The fourth-order valence-corrected chi connectivity index (χ4v) is 2.74. The molecular formula is C22H16ClN3O6. The molecule has 0 atom stereocenters. The third kappa shape index (κ3) is 6.13. The van der Waals surface area contributed by atoms with Gasteiger partial charge in [0.15, 0.2) is 12.4 Å². The summed E-state index contributed by atoms with van der Waals surface area (Å²) in [5, 5.41) is 15.0.